The van der Waals surface area contributed by atoms with Crippen LogP contribution in [0.5, 0.6) is 11.5 Å². The van der Waals surface area contributed by atoms with Crippen LogP contribution in [0, 0.1) is 0 Å². The Morgan fingerprint density at radius 1 is 1.24 bits per heavy atom. The molecule has 8 nitrogen and oxygen atoms in total. The topological polar surface area (TPSA) is 93.2 Å². The first kappa shape index (κ1) is 18.9. The number of carbonyl (C=O) groups is 1. The van der Waals surface area contributed by atoms with E-state index in [9.17, 15) is 4.79 Å². The summed E-state index contributed by atoms with van der Waals surface area (Å²) in [5.41, 5.74) is 3.36. The Kier molecular flexibility index (Phi) is 5.16. The molecule has 0 radical (unpaired) electrons. The summed E-state index contributed by atoms with van der Waals surface area (Å²) < 4.78 is 17.0. The second-order valence-electron chi connectivity index (χ2n) is 7.18. The second-order valence-corrected chi connectivity index (χ2v) is 7.18. The molecule has 0 fully saturated rings. The van der Waals surface area contributed by atoms with Gasteiger partial charge in [0.2, 0.25) is 0 Å². The monoisotopic (exact) mass is 396 g/mol. The maximum Gasteiger partial charge on any atom is 0.319 e. The molecule has 29 heavy (non-hydrogen) atoms. The Morgan fingerprint density at radius 3 is 2.90 bits per heavy atom. The molecule has 2 heterocycles. The number of amidine groups is 1. The van der Waals surface area contributed by atoms with Crippen LogP contribution in [-0.4, -0.2) is 31.8 Å². The summed E-state index contributed by atoms with van der Waals surface area (Å²) in [6.45, 7) is 4.65. The van der Waals surface area contributed by atoms with Crippen LogP contribution in [-0.2, 0) is 11.3 Å². The minimum absolute atomic E-state index is 0.0671. The van der Waals surface area contributed by atoms with E-state index in [1.165, 1.54) is 0 Å². The fraction of sp³-hybridized carbons (Fsp3) is 0.333. The highest BCUT2D eigenvalue weighted by atomic mass is 16.5. The molecule has 0 saturated carbocycles. The van der Waals surface area contributed by atoms with Crippen LogP contribution >= 0.6 is 0 Å². The van der Waals surface area contributed by atoms with Crippen molar-refractivity contribution in [3.05, 3.63) is 47.5 Å². The third-order valence-corrected chi connectivity index (χ3v) is 4.64. The number of ether oxygens (including phenoxy) is 3. The highest BCUT2D eigenvalue weighted by Gasteiger charge is 2.30. The number of urea groups is 1. The van der Waals surface area contributed by atoms with E-state index in [0.717, 1.165) is 28.3 Å². The van der Waals surface area contributed by atoms with Crippen molar-refractivity contribution in [1.29, 1.82) is 0 Å². The number of rotatable bonds is 4. The largest absolute Gasteiger partial charge is 0.496 e. The fourth-order valence-electron chi connectivity index (χ4n) is 3.37. The zero-order valence-electron chi connectivity index (χ0n) is 16.6. The summed E-state index contributed by atoms with van der Waals surface area (Å²) in [5, 5.41) is 8.91. The van der Waals surface area contributed by atoms with E-state index in [1.807, 2.05) is 50.2 Å². The summed E-state index contributed by atoms with van der Waals surface area (Å²) in [4.78, 5) is 16.4. The normalized spacial score (nSPS) is 16.7. The van der Waals surface area contributed by atoms with Crippen LogP contribution < -0.4 is 25.4 Å². The molecule has 2 aromatic carbocycles. The van der Waals surface area contributed by atoms with Crippen molar-refractivity contribution < 1.29 is 19.0 Å². The lowest BCUT2D eigenvalue weighted by atomic mass is 10.1. The van der Waals surface area contributed by atoms with Gasteiger partial charge in [-0.2, -0.15) is 4.99 Å². The average molecular weight is 396 g/mol. The number of aliphatic imine (C=N–C) groups is 1. The Hall–Kier alpha value is -3.42. The van der Waals surface area contributed by atoms with Gasteiger partial charge in [-0.25, -0.2) is 4.79 Å². The summed E-state index contributed by atoms with van der Waals surface area (Å²) >= 11 is 0. The molecule has 0 bridgehead atoms. The number of anilines is 1. The molecule has 2 amide bonds. The minimum Gasteiger partial charge on any atom is -0.496 e. The summed E-state index contributed by atoms with van der Waals surface area (Å²) in [6, 6.07) is 11.4. The van der Waals surface area contributed by atoms with Gasteiger partial charge >= 0.3 is 6.03 Å². The van der Waals surface area contributed by atoms with Gasteiger partial charge in [0, 0.05) is 17.3 Å². The Labute approximate surface area is 169 Å². The molecule has 0 saturated heterocycles. The van der Waals surface area contributed by atoms with Crippen molar-refractivity contribution >= 4 is 23.4 Å². The Morgan fingerprint density at radius 2 is 2.10 bits per heavy atom. The molecule has 2 aliphatic heterocycles. The Balaban J connectivity index is 1.48. The first-order valence-corrected chi connectivity index (χ1v) is 9.51. The van der Waals surface area contributed by atoms with E-state index >= 15 is 0 Å². The van der Waals surface area contributed by atoms with E-state index in [0.29, 0.717) is 24.9 Å². The number of methoxy groups -OCH3 is 1. The van der Waals surface area contributed by atoms with Crippen molar-refractivity contribution in [1.82, 2.24) is 10.6 Å². The highest BCUT2D eigenvalue weighted by molar-refractivity contribution is 5.90. The van der Waals surface area contributed by atoms with E-state index in [2.05, 4.69) is 20.9 Å². The van der Waals surface area contributed by atoms with Crippen LogP contribution in [0.15, 0.2) is 41.4 Å². The van der Waals surface area contributed by atoms with Crippen LogP contribution in [0.4, 0.5) is 16.2 Å². The van der Waals surface area contributed by atoms with Crippen LogP contribution in [0.1, 0.15) is 31.0 Å². The number of nitrogens with zero attached hydrogens (tertiary/aromatic N) is 1. The molecule has 0 aliphatic carbocycles. The molecule has 152 valence electrons. The average Bonchev–Trinajstić information content (AvgIpc) is 3.10. The first-order chi connectivity index (χ1) is 14.0. The smallest absolute Gasteiger partial charge is 0.319 e. The molecular weight excluding hydrogens is 372 g/mol. The lowest BCUT2D eigenvalue weighted by Gasteiger charge is -2.21. The van der Waals surface area contributed by atoms with Gasteiger partial charge < -0.3 is 30.2 Å². The quantitative estimate of drug-likeness (QED) is 0.736. The predicted molar refractivity (Wildman–Crippen MR) is 110 cm³/mol. The lowest BCUT2D eigenvalue weighted by Crippen LogP contribution is -2.34. The van der Waals surface area contributed by atoms with Crippen LogP contribution in [0.2, 0.25) is 0 Å². The van der Waals surface area contributed by atoms with Crippen molar-refractivity contribution in [2.45, 2.75) is 32.5 Å². The van der Waals surface area contributed by atoms with Crippen molar-refractivity contribution in [3.8, 4) is 11.5 Å². The highest BCUT2D eigenvalue weighted by Crippen LogP contribution is 2.39. The van der Waals surface area contributed by atoms with Gasteiger partial charge in [-0.1, -0.05) is 6.07 Å². The van der Waals surface area contributed by atoms with Gasteiger partial charge in [0.15, 0.2) is 0 Å². The molecule has 4 rings (SSSR count). The predicted octanol–water partition coefficient (Wildman–Crippen LogP) is 3.47. The second kappa shape index (κ2) is 7.90. The van der Waals surface area contributed by atoms with Crippen molar-refractivity contribution in [3.63, 3.8) is 0 Å². The van der Waals surface area contributed by atoms with Gasteiger partial charge in [0.05, 0.1) is 24.4 Å². The molecule has 1 atom stereocenters. The number of hydrogen-bond acceptors (Lipinski definition) is 6. The lowest BCUT2D eigenvalue weighted by molar-refractivity contribution is 0.250. The number of fused-ring (bicyclic) bond motifs is 2. The number of nitrogens with one attached hydrogen (secondary N) is 3. The summed E-state index contributed by atoms with van der Waals surface area (Å²) in [7, 11) is 1.64. The van der Waals surface area contributed by atoms with Gasteiger partial charge in [0.25, 0.3) is 6.02 Å². The molecule has 1 unspecified atom stereocenters. The zero-order chi connectivity index (χ0) is 20.4. The first-order valence-electron chi connectivity index (χ1n) is 9.51. The van der Waals surface area contributed by atoms with Gasteiger partial charge in [-0.05, 0) is 44.2 Å². The molecule has 0 spiro atoms. The maximum atomic E-state index is 11.9. The van der Waals surface area contributed by atoms with Crippen molar-refractivity contribution in [2.24, 2.45) is 4.99 Å². The van der Waals surface area contributed by atoms with Crippen LogP contribution in [0.25, 0.3) is 0 Å². The zero-order valence-corrected chi connectivity index (χ0v) is 16.6. The third kappa shape index (κ3) is 4.06. The Bertz CT molecular complexity index is 958. The fourth-order valence-corrected chi connectivity index (χ4v) is 3.37. The SMILES string of the molecule is COc1cccc2c1C(NC1=Nc3ccc(NC(=O)NC(C)C)cc3CO1)CO2. The maximum absolute atomic E-state index is 11.9. The van der Waals surface area contributed by atoms with E-state index < -0.39 is 0 Å². The molecule has 3 N–H and O–H groups in total. The number of amides is 2. The number of carbonyl (C=O) groups excluding carboxylic acids is 1. The van der Waals surface area contributed by atoms with Gasteiger partial charge in [-0.15, -0.1) is 0 Å². The van der Waals surface area contributed by atoms with Gasteiger partial charge in [-0.3, -0.25) is 0 Å². The van der Waals surface area contributed by atoms with Gasteiger partial charge in [0.1, 0.15) is 24.7 Å². The van der Waals surface area contributed by atoms with E-state index in [4.69, 9.17) is 14.2 Å². The van der Waals surface area contributed by atoms with Crippen LogP contribution in [0.3, 0.4) is 0 Å². The standard InChI is InChI=1S/C21H24N4O4/c1-12(2)22-20(26)23-14-7-8-15-13(9-14)10-29-21(24-15)25-16-11-28-18-6-4-5-17(27-3)19(16)18/h4-9,12,16H,10-11H2,1-3H3,(H,24,25)(H2,22,23,26). The number of hydrogen-bond donors (Lipinski definition) is 3. The number of benzene rings is 2. The molecule has 8 heteroatoms. The molecule has 2 aliphatic rings. The molecular formula is C21H24N4O4. The summed E-state index contributed by atoms with van der Waals surface area (Å²) in [6.07, 6.45) is 0. The van der Waals surface area contributed by atoms with E-state index in [1.54, 1.807) is 7.11 Å². The third-order valence-electron chi connectivity index (χ3n) is 4.64. The van der Waals surface area contributed by atoms with E-state index in [-0.39, 0.29) is 18.1 Å². The van der Waals surface area contributed by atoms with Crippen molar-refractivity contribution in [2.75, 3.05) is 19.0 Å². The summed E-state index contributed by atoms with van der Waals surface area (Å²) in [5.74, 6) is 1.57. The minimum atomic E-state index is -0.239. The molecule has 2 aromatic rings. The molecule has 0 aromatic heterocycles.